The topological polar surface area (TPSA) is 112 Å². The lowest BCUT2D eigenvalue weighted by atomic mass is 10.3. The minimum absolute atomic E-state index is 0.135. The van der Waals surface area contributed by atoms with Gasteiger partial charge in [0.2, 0.25) is 11.9 Å². The molecule has 0 aliphatic heterocycles. The van der Waals surface area contributed by atoms with E-state index >= 15 is 0 Å². The molecule has 0 unspecified atom stereocenters. The molecule has 136 valence electrons. The molecule has 2 aromatic heterocycles. The summed E-state index contributed by atoms with van der Waals surface area (Å²) in [4.78, 5) is 17.2. The molecule has 0 radical (unpaired) electrons. The van der Waals surface area contributed by atoms with Crippen molar-refractivity contribution in [3.05, 3.63) is 54.4 Å². The van der Waals surface area contributed by atoms with Gasteiger partial charge in [-0.2, -0.15) is 15.0 Å². The summed E-state index contributed by atoms with van der Waals surface area (Å²) in [5.74, 6) is 2.13. The van der Waals surface area contributed by atoms with Crippen LogP contribution in [0.15, 0.2) is 58.2 Å². The summed E-state index contributed by atoms with van der Waals surface area (Å²) >= 11 is 1.39. The van der Waals surface area contributed by atoms with Gasteiger partial charge in [0.15, 0.2) is 5.58 Å². The molecule has 4 aromatic rings. The van der Waals surface area contributed by atoms with Crippen LogP contribution in [0.4, 0.5) is 17.6 Å². The molecule has 2 heterocycles. The van der Waals surface area contributed by atoms with Gasteiger partial charge in [-0.15, -0.1) is 0 Å². The lowest BCUT2D eigenvalue weighted by molar-refractivity contribution is 0.417. The van der Waals surface area contributed by atoms with Crippen molar-refractivity contribution >= 4 is 40.4 Å². The van der Waals surface area contributed by atoms with Gasteiger partial charge in [0.25, 0.3) is 5.22 Å². The molecule has 3 N–H and O–H groups in total. The number of nitrogens with one attached hydrogen (secondary N) is 1. The summed E-state index contributed by atoms with van der Waals surface area (Å²) in [6.45, 7) is 0. The highest BCUT2D eigenvalue weighted by molar-refractivity contribution is 7.98. The van der Waals surface area contributed by atoms with Crippen molar-refractivity contribution in [2.24, 2.45) is 0 Å². The van der Waals surface area contributed by atoms with Crippen LogP contribution in [0, 0.1) is 0 Å². The highest BCUT2D eigenvalue weighted by atomic mass is 32.2. The first-order valence-corrected chi connectivity index (χ1v) is 9.08. The Balaban J connectivity index is 1.51. The van der Waals surface area contributed by atoms with Gasteiger partial charge in [0.05, 0.1) is 18.6 Å². The molecule has 0 fully saturated rings. The number of para-hydroxylation sites is 4. The van der Waals surface area contributed by atoms with Crippen LogP contribution in [0.5, 0.6) is 5.75 Å². The average molecular weight is 380 g/mol. The number of ether oxygens (including phenoxy) is 1. The third kappa shape index (κ3) is 3.93. The van der Waals surface area contributed by atoms with E-state index in [1.807, 2.05) is 48.5 Å². The quantitative estimate of drug-likeness (QED) is 0.484. The second-order valence-corrected chi connectivity index (χ2v) is 6.42. The average Bonchev–Trinajstić information content (AvgIpc) is 3.09. The normalized spacial score (nSPS) is 10.9. The molecule has 0 atom stereocenters. The predicted molar refractivity (Wildman–Crippen MR) is 104 cm³/mol. The fraction of sp³-hybridized carbons (Fsp3) is 0.111. The van der Waals surface area contributed by atoms with E-state index in [9.17, 15) is 0 Å². The highest BCUT2D eigenvalue weighted by Gasteiger charge is 2.11. The highest BCUT2D eigenvalue weighted by Crippen LogP contribution is 2.27. The number of aromatic nitrogens is 4. The number of oxazole rings is 1. The van der Waals surface area contributed by atoms with Crippen LogP contribution in [-0.2, 0) is 5.75 Å². The molecule has 0 aliphatic carbocycles. The van der Waals surface area contributed by atoms with Gasteiger partial charge in [-0.3, -0.25) is 0 Å². The summed E-state index contributed by atoms with van der Waals surface area (Å²) in [5.41, 5.74) is 8.13. The minimum atomic E-state index is 0.135. The largest absolute Gasteiger partial charge is 0.495 e. The standard InChI is InChI=1S/C18H16N6O2S/c1-25-13-8-4-2-6-11(13)20-17-23-15(22-16(19)24-17)10-27-18-21-12-7-3-5-9-14(12)26-18/h2-9H,10H2,1H3,(H3,19,20,22,23,24). The van der Waals surface area contributed by atoms with E-state index in [0.29, 0.717) is 28.5 Å². The van der Waals surface area contributed by atoms with Gasteiger partial charge in [-0.1, -0.05) is 36.0 Å². The number of thioether (sulfide) groups is 1. The summed E-state index contributed by atoms with van der Waals surface area (Å²) in [6.07, 6.45) is 0. The molecule has 2 aromatic carbocycles. The van der Waals surface area contributed by atoms with Crippen molar-refractivity contribution in [2.45, 2.75) is 11.0 Å². The Labute approximate surface area is 159 Å². The molecule has 0 amide bonds. The second-order valence-electron chi connectivity index (χ2n) is 5.49. The number of hydrogen-bond donors (Lipinski definition) is 2. The Kier molecular flexibility index (Phi) is 4.75. The third-order valence-corrected chi connectivity index (χ3v) is 4.48. The molecule has 4 rings (SSSR count). The number of benzene rings is 2. The molecule has 27 heavy (non-hydrogen) atoms. The van der Waals surface area contributed by atoms with Crippen molar-refractivity contribution in [3.63, 3.8) is 0 Å². The van der Waals surface area contributed by atoms with E-state index in [4.69, 9.17) is 14.9 Å². The molecule has 0 saturated heterocycles. The number of fused-ring (bicyclic) bond motifs is 1. The van der Waals surface area contributed by atoms with Crippen LogP contribution in [0.1, 0.15) is 5.82 Å². The zero-order valence-electron chi connectivity index (χ0n) is 14.4. The summed E-state index contributed by atoms with van der Waals surface area (Å²) in [6, 6.07) is 15.1. The Bertz CT molecular complexity index is 1050. The van der Waals surface area contributed by atoms with Crippen LogP contribution in [-0.4, -0.2) is 27.0 Å². The maximum absolute atomic E-state index is 5.83. The molecule has 9 heteroatoms. The first-order valence-electron chi connectivity index (χ1n) is 8.10. The van der Waals surface area contributed by atoms with Gasteiger partial charge >= 0.3 is 0 Å². The SMILES string of the molecule is COc1ccccc1Nc1nc(N)nc(CSc2nc3ccccc3o2)n1. The Hall–Kier alpha value is -3.33. The Morgan fingerprint density at radius 2 is 1.85 bits per heavy atom. The number of hydrogen-bond acceptors (Lipinski definition) is 9. The Morgan fingerprint density at radius 3 is 2.70 bits per heavy atom. The maximum atomic E-state index is 5.83. The molecule has 0 spiro atoms. The van der Waals surface area contributed by atoms with Crippen LogP contribution < -0.4 is 15.8 Å². The van der Waals surface area contributed by atoms with E-state index < -0.39 is 0 Å². The fourth-order valence-corrected chi connectivity index (χ4v) is 3.16. The molecule has 0 saturated carbocycles. The number of nitrogen functional groups attached to an aromatic ring is 1. The van der Waals surface area contributed by atoms with Gasteiger partial charge < -0.3 is 20.2 Å². The Morgan fingerprint density at radius 1 is 1.04 bits per heavy atom. The summed E-state index contributed by atoms with van der Waals surface area (Å²) < 4.78 is 11.0. The molecule has 8 nitrogen and oxygen atoms in total. The van der Waals surface area contributed by atoms with Crippen molar-refractivity contribution < 1.29 is 9.15 Å². The summed E-state index contributed by atoms with van der Waals surface area (Å²) in [7, 11) is 1.60. The first-order chi connectivity index (χ1) is 13.2. The third-order valence-electron chi connectivity index (χ3n) is 3.65. The van der Waals surface area contributed by atoms with E-state index in [1.165, 1.54) is 11.8 Å². The first kappa shape index (κ1) is 17.1. The second kappa shape index (κ2) is 7.50. The molecular weight excluding hydrogens is 364 g/mol. The van der Waals surface area contributed by atoms with Crippen LogP contribution >= 0.6 is 11.8 Å². The number of rotatable bonds is 6. The van der Waals surface area contributed by atoms with Crippen molar-refractivity contribution in [1.29, 1.82) is 0 Å². The number of nitrogens with zero attached hydrogens (tertiary/aromatic N) is 4. The maximum Gasteiger partial charge on any atom is 0.257 e. The molecular formula is C18H16N6O2S. The fourth-order valence-electron chi connectivity index (χ4n) is 2.47. The number of anilines is 3. The number of nitrogens with two attached hydrogens (primary N) is 1. The van der Waals surface area contributed by atoms with E-state index in [2.05, 4.69) is 25.3 Å². The van der Waals surface area contributed by atoms with E-state index in [1.54, 1.807) is 7.11 Å². The predicted octanol–water partition coefficient (Wildman–Crippen LogP) is 3.64. The van der Waals surface area contributed by atoms with Gasteiger partial charge in [0.1, 0.15) is 17.1 Å². The van der Waals surface area contributed by atoms with Crippen molar-refractivity contribution in [1.82, 2.24) is 19.9 Å². The van der Waals surface area contributed by atoms with Gasteiger partial charge in [0, 0.05) is 0 Å². The molecule has 0 bridgehead atoms. The minimum Gasteiger partial charge on any atom is -0.495 e. The van der Waals surface area contributed by atoms with Crippen molar-refractivity contribution in [2.75, 3.05) is 18.2 Å². The lowest BCUT2D eigenvalue weighted by Gasteiger charge is -2.10. The van der Waals surface area contributed by atoms with Crippen LogP contribution in [0.25, 0.3) is 11.1 Å². The smallest absolute Gasteiger partial charge is 0.257 e. The van der Waals surface area contributed by atoms with Crippen LogP contribution in [0.2, 0.25) is 0 Å². The summed E-state index contributed by atoms with van der Waals surface area (Å²) in [5, 5.41) is 3.66. The van der Waals surface area contributed by atoms with Gasteiger partial charge in [-0.25, -0.2) is 4.98 Å². The van der Waals surface area contributed by atoms with Crippen molar-refractivity contribution in [3.8, 4) is 5.75 Å². The van der Waals surface area contributed by atoms with E-state index in [-0.39, 0.29) is 5.95 Å². The lowest BCUT2D eigenvalue weighted by Crippen LogP contribution is -2.07. The zero-order valence-corrected chi connectivity index (χ0v) is 15.2. The zero-order chi connectivity index (χ0) is 18.6. The monoisotopic (exact) mass is 380 g/mol. The van der Waals surface area contributed by atoms with Gasteiger partial charge in [-0.05, 0) is 24.3 Å². The molecule has 0 aliphatic rings. The number of methoxy groups -OCH3 is 1. The van der Waals surface area contributed by atoms with E-state index in [0.717, 1.165) is 16.8 Å². The van der Waals surface area contributed by atoms with Crippen LogP contribution in [0.3, 0.4) is 0 Å².